The van der Waals surface area contributed by atoms with Gasteiger partial charge in [-0.2, -0.15) is 8.42 Å². The first-order valence-corrected chi connectivity index (χ1v) is 13.1. The Morgan fingerprint density at radius 2 is 1.79 bits per heavy atom. The van der Waals surface area contributed by atoms with Crippen LogP contribution in [0.5, 0.6) is 17.2 Å². The summed E-state index contributed by atoms with van der Waals surface area (Å²) in [6.07, 6.45) is -3.74. The molecule has 0 aliphatic carbocycles. The quantitative estimate of drug-likeness (QED) is 0.0293. The smallest absolute Gasteiger partial charge is 0.330 e. The van der Waals surface area contributed by atoms with Crippen LogP contribution in [0.3, 0.4) is 0 Å². The van der Waals surface area contributed by atoms with Gasteiger partial charge in [0.15, 0.2) is 11.5 Å². The number of rotatable bonds is 12. The number of aromatic hydroxyl groups is 1. The molecule has 1 heterocycles. The molecule has 17 heteroatoms. The largest absolute Gasteiger partial charge is 0.714 e. The first-order valence-electron chi connectivity index (χ1n) is 10.9. The highest BCUT2D eigenvalue weighted by atomic mass is 32.3. The first kappa shape index (κ1) is 31.6. The maximum absolute atomic E-state index is 12.1. The Morgan fingerprint density at radius 1 is 1.16 bits per heavy atom. The van der Waals surface area contributed by atoms with Crippen LogP contribution in [0.15, 0.2) is 23.4 Å². The first-order chi connectivity index (χ1) is 17.9. The average Bonchev–Trinajstić information content (AvgIpc) is 2.88. The molecule has 0 radical (unpaired) electrons. The third kappa shape index (κ3) is 9.28. The number of nitrogens with zero attached hydrogens (tertiary/aromatic N) is 1. The van der Waals surface area contributed by atoms with Gasteiger partial charge >= 0.3 is 5.97 Å². The molecule has 214 valence electrons. The van der Waals surface area contributed by atoms with Crippen molar-refractivity contribution in [3.8, 4) is 17.2 Å². The zero-order valence-electron chi connectivity index (χ0n) is 20.2. The summed E-state index contributed by atoms with van der Waals surface area (Å²) in [6, 6.07) is 2.93. The van der Waals surface area contributed by atoms with Gasteiger partial charge in [0.25, 0.3) is 10.4 Å². The fraction of sp³-hybridized carbons (Fsp3) is 0.524. The molecule has 1 saturated heterocycles. The molecule has 0 spiro atoms. The van der Waals surface area contributed by atoms with Gasteiger partial charge in [-0.1, -0.05) is 16.9 Å². The standard InChI is InChI=1S/C21H29NO14S2/c1-32-12-8-11(9-13(33-2)17(12)25)5-6-16(24)34-7-3-4-15(22-36-38(29,30)31)37-21-20(28)19(27)18(26)14(10-23)35-21/h5-6,8-9,14,18-21,23,25-28H,3-4,7,10H2,1-2H3,(H,29,30,31)/p-1/b6-5+,22-15+/t14-,18-,19+,20-,21+/m1/s1. The summed E-state index contributed by atoms with van der Waals surface area (Å²) in [5.41, 5.74) is -0.846. The number of benzene rings is 1. The van der Waals surface area contributed by atoms with E-state index in [1.807, 2.05) is 0 Å². The van der Waals surface area contributed by atoms with Crippen molar-refractivity contribution in [2.24, 2.45) is 5.16 Å². The van der Waals surface area contributed by atoms with E-state index in [0.29, 0.717) is 17.3 Å². The Labute approximate surface area is 222 Å². The highest BCUT2D eigenvalue weighted by molar-refractivity contribution is 8.14. The Hall–Kier alpha value is -2.64. The second-order valence-corrected chi connectivity index (χ2v) is 9.80. The molecule has 1 fully saturated rings. The van der Waals surface area contributed by atoms with Crippen LogP contribution in [-0.4, -0.2) is 107 Å². The van der Waals surface area contributed by atoms with E-state index in [-0.39, 0.29) is 41.7 Å². The lowest BCUT2D eigenvalue weighted by Crippen LogP contribution is -2.57. The van der Waals surface area contributed by atoms with Crippen LogP contribution in [0.2, 0.25) is 0 Å². The fourth-order valence-corrected chi connectivity index (χ4v) is 4.47. The van der Waals surface area contributed by atoms with Crippen molar-refractivity contribution in [3.05, 3.63) is 23.8 Å². The minimum atomic E-state index is -5.21. The lowest BCUT2D eigenvalue weighted by molar-refractivity contribution is -0.205. The number of ether oxygens (including phenoxy) is 4. The number of oxime groups is 1. The number of hydrogen-bond acceptors (Lipinski definition) is 16. The predicted octanol–water partition coefficient (Wildman–Crippen LogP) is -0.931. The number of hydrogen-bond donors (Lipinski definition) is 5. The molecule has 5 atom stereocenters. The van der Waals surface area contributed by atoms with Crippen LogP contribution in [0.4, 0.5) is 0 Å². The molecule has 15 nitrogen and oxygen atoms in total. The van der Waals surface area contributed by atoms with E-state index in [9.17, 15) is 43.3 Å². The maximum Gasteiger partial charge on any atom is 0.330 e. The normalized spacial score (nSPS) is 24.3. The van der Waals surface area contributed by atoms with Crippen molar-refractivity contribution < 1.29 is 66.5 Å². The van der Waals surface area contributed by atoms with Crippen LogP contribution < -0.4 is 9.47 Å². The van der Waals surface area contributed by atoms with Gasteiger partial charge in [0.2, 0.25) is 5.75 Å². The van der Waals surface area contributed by atoms with E-state index < -0.39 is 52.8 Å². The van der Waals surface area contributed by atoms with Crippen LogP contribution in [-0.2, 0) is 29.0 Å². The Bertz CT molecular complexity index is 1080. The summed E-state index contributed by atoms with van der Waals surface area (Å²) in [5, 5.41) is 52.2. The number of carbonyl (C=O) groups excluding carboxylic acids is 1. The Kier molecular flexibility index (Phi) is 12.0. The van der Waals surface area contributed by atoms with E-state index >= 15 is 0 Å². The summed E-state index contributed by atoms with van der Waals surface area (Å²) in [5.74, 6) is -0.691. The van der Waals surface area contributed by atoms with E-state index in [0.717, 1.165) is 6.08 Å². The minimum absolute atomic E-state index is 0.0615. The van der Waals surface area contributed by atoms with E-state index in [1.54, 1.807) is 0 Å². The molecule has 0 unspecified atom stereocenters. The molecular weight excluding hydrogens is 554 g/mol. The second-order valence-electron chi connectivity index (χ2n) is 7.66. The van der Waals surface area contributed by atoms with Crippen molar-refractivity contribution >= 4 is 39.2 Å². The number of carbonyl (C=O) groups is 1. The number of aliphatic hydroxyl groups is 4. The summed E-state index contributed by atoms with van der Waals surface area (Å²) in [7, 11) is -2.51. The number of aliphatic hydroxyl groups excluding tert-OH is 4. The molecule has 0 bridgehead atoms. The number of methoxy groups -OCH3 is 2. The molecule has 1 aliphatic heterocycles. The number of phenolic OH excluding ortho intramolecular Hbond substituents is 1. The zero-order chi connectivity index (χ0) is 28.5. The monoisotopic (exact) mass is 582 g/mol. The van der Waals surface area contributed by atoms with Crippen molar-refractivity contribution in [3.63, 3.8) is 0 Å². The van der Waals surface area contributed by atoms with Gasteiger partial charge in [-0.15, -0.1) is 0 Å². The fourth-order valence-electron chi connectivity index (χ4n) is 3.13. The topological polar surface area (TPSA) is 234 Å². The molecule has 1 aliphatic rings. The minimum Gasteiger partial charge on any atom is -0.714 e. The van der Waals surface area contributed by atoms with Crippen LogP contribution >= 0.6 is 11.8 Å². The summed E-state index contributed by atoms with van der Waals surface area (Å²) >= 11 is 0.582. The van der Waals surface area contributed by atoms with E-state index in [4.69, 9.17) is 18.9 Å². The van der Waals surface area contributed by atoms with Gasteiger partial charge in [0.05, 0.1) is 27.4 Å². The third-order valence-electron chi connectivity index (χ3n) is 5.02. The van der Waals surface area contributed by atoms with E-state index in [2.05, 4.69) is 9.44 Å². The van der Waals surface area contributed by atoms with Crippen LogP contribution in [0.25, 0.3) is 6.08 Å². The highest BCUT2D eigenvalue weighted by Gasteiger charge is 2.44. The predicted molar refractivity (Wildman–Crippen MR) is 130 cm³/mol. The van der Waals surface area contributed by atoms with E-state index in [1.165, 1.54) is 32.4 Å². The van der Waals surface area contributed by atoms with Crippen molar-refractivity contribution in [2.45, 2.75) is 42.7 Å². The zero-order valence-corrected chi connectivity index (χ0v) is 21.8. The molecule has 0 amide bonds. The number of esters is 1. The van der Waals surface area contributed by atoms with Crippen molar-refractivity contribution in [1.29, 1.82) is 0 Å². The average molecular weight is 583 g/mol. The van der Waals surface area contributed by atoms with Crippen LogP contribution in [0, 0.1) is 0 Å². The highest BCUT2D eigenvalue weighted by Crippen LogP contribution is 2.37. The van der Waals surface area contributed by atoms with Crippen LogP contribution in [0.1, 0.15) is 18.4 Å². The van der Waals surface area contributed by atoms with Gasteiger partial charge in [-0.25, -0.2) is 4.79 Å². The molecule has 5 N–H and O–H groups in total. The lowest BCUT2D eigenvalue weighted by atomic mass is 10.0. The van der Waals surface area contributed by atoms with Gasteiger partial charge in [0.1, 0.15) is 34.9 Å². The summed E-state index contributed by atoms with van der Waals surface area (Å²) in [6.45, 7) is -0.864. The summed E-state index contributed by atoms with van der Waals surface area (Å²) in [4.78, 5) is 12.1. The molecular formula is C21H28NO14S2-. The number of thioether (sulfide) groups is 1. The molecule has 1 aromatic carbocycles. The van der Waals surface area contributed by atoms with Gasteiger partial charge in [0, 0.05) is 12.5 Å². The summed E-state index contributed by atoms with van der Waals surface area (Å²) < 4.78 is 56.8. The SMILES string of the molecule is COc1cc(/C=C/C(=O)OCCC/C(=N\OS(=O)(=O)[O-])S[C@@H]2O[C@H](CO)[C@@H](O)[C@H](O)[C@H]2O)cc(OC)c1O. The Morgan fingerprint density at radius 3 is 2.34 bits per heavy atom. The third-order valence-corrected chi connectivity index (χ3v) is 6.45. The molecule has 1 aromatic rings. The number of phenols is 1. The van der Waals surface area contributed by atoms with Crippen molar-refractivity contribution in [1.82, 2.24) is 0 Å². The molecule has 0 saturated carbocycles. The Balaban J connectivity index is 1.98. The maximum atomic E-state index is 12.1. The lowest BCUT2D eigenvalue weighted by Gasteiger charge is -2.39. The van der Waals surface area contributed by atoms with Gasteiger partial charge in [-0.05, 0) is 30.2 Å². The second kappa shape index (κ2) is 14.5. The molecule has 0 aromatic heterocycles. The molecule has 2 rings (SSSR count). The van der Waals surface area contributed by atoms with Crippen molar-refractivity contribution in [2.75, 3.05) is 27.4 Å². The molecule has 38 heavy (non-hydrogen) atoms. The van der Waals surface area contributed by atoms with Gasteiger partial charge in [-0.3, -0.25) is 4.28 Å². The van der Waals surface area contributed by atoms with Gasteiger partial charge < -0.3 is 49.0 Å².